The molecule has 0 radical (unpaired) electrons. The van der Waals surface area contributed by atoms with E-state index in [1.165, 1.54) is 64.2 Å². The first-order valence-electron chi connectivity index (χ1n) is 12.0. The number of Topliss-reactive ketones (excluding diaryl/α,β-unsaturated/α-hetero) is 1. The topological polar surface area (TPSA) is 81.1 Å². The van der Waals surface area contributed by atoms with Crippen LogP contribution in [0.15, 0.2) is 24.3 Å². The van der Waals surface area contributed by atoms with Crippen LogP contribution in [0.3, 0.4) is 0 Å². The van der Waals surface area contributed by atoms with Crippen LogP contribution in [0.4, 0.5) is 0 Å². The maximum atomic E-state index is 12.7. The molecule has 1 atom stereocenters. The second-order valence-electron chi connectivity index (χ2n) is 8.27. The quantitative estimate of drug-likeness (QED) is 0.215. The zero-order valence-corrected chi connectivity index (χ0v) is 18.8. The molecule has 0 aromatic heterocycles. The smallest absolute Gasteiger partial charge is 0.179 e. The zero-order chi connectivity index (χ0) is 21.2. The first-order chi connectivity index (χ1) is 14.2. The highest BCUT2D eigenvalue weighted by Crippen LogP contribution is 2.14. The molecule has 0 aliphatic carbocycles. The summed E-state index contributed by atoms with van der Waals surface area (Å²) in [5.41, 5.74) is 13.5. The highest BCUT2D eigenvalue weighted by Gasteiger charge is 2.17. The number of benzene rings is 1. The molecule has 0 saturated carbocycles. The predicted octanol–water partition coefficient (Wildman–Crippen LogP) is 5.34. The Labute approximate surface area is 179 Å². The first kappa shape index (κ1) is 25.8. The Kier molecular flexibility index (Phi) is 15.7. The van der Waals surface area contributed by atoms with Crippen molar-refractivity contribution in [3.63, 3.8) is 0 Å². The van der Waals surface area contributed by atoms with Crippen LogP contribution >= 0.6 is 0 Å². The summed E-state index contributed by atoms with van der Waals surface area (Å²) < 4.78 is 0. The van der Waals surface area contributed by atoms with E-state index in [1.54, 1.807) is 0 Å². The SMILES string of the molecule is CCCCCCCCCCCCNCc1ccccc1C(=O)[C@@H](N)CCCCN. The van der Waals surface area contributed by atoms with Gasteiger partial charge in [-0.1, -0.05) is 95.4 Å². The van der Waals surface area contributed by atoms with Crippen LogP contribution in [0.5, 0.6) is 0 Å². The van der Waals surface area contributed by atoms with Crippen molar-refractivity contribution in [2.75, 3.05) is 13.1 Å². The molecule has 0 saturated heterocycles. The second-order valence-corrected chi connectivity index (χ2v) is 8.27. The molecule has 0 heterocycles. The van der Waals surface area contributed by atoms with Crippen molar-refractivity contribution >= 4 is 5.78 Å². The van der Waals surface area contributed by atoms with E-state index in [4.69, 9.17) is 11.5 Å². The third-order valence-electron chi connectivity index (χ3n) is 5.61. The summed E-state index contributed by atoms with van der Waals surface area (Å²) >= 11 is 0. The number of carbonyl (C=O) groups is 1. The van der Waals surface area contributed by atoms with Gasteiger partial charge in [0.05, 0.1) is 6.04 Å². The van der Waals surface area contributed by atoms with Crippen LogP contribution in [0.25, 0.3) is 0 Å². The Morgan fingerprint density at radius 2 is 1.52 bits per heavy atom. The third-order valence-corrected chi connectivity index (χ3v) is 5.61. The molecule has 0 spiro atoms. The fourth-order valence-corrected chi connectivity index (χ4v) is 3.71. The first-order valence-corrected chi connectivity index (χ1v) is 12.0. The third kappa shape index (κ3) is 12.1. The normalized spacial score (nSPS) is 12.2. The molecule has 4 heteroatoms. The average molecular weight is 404 g/mol. The van der Waals surface area contributed by atoms with Gasteiger partial charge in [-0.25, -0.2) is 0 Å². The van der Waals surface area contributed by atoms with E-state index in [-0.39, 0.29) is 5.78 Å². The molecule has 166 valence electrons. The molecule has 29 heavy (non-hydrogen) atoms. The lowest BCUT2D eigenvalue weighted by atomic mass is 9.96. The van der Waals surface area contributed by atoms with Crippen molar-refractivity contribution < 1.29 is 4.79 Å². The Hall–Kier alpha value is -1.23. The largest absolute Gasteiger partial charge is 0.330 e. The van der Waals surface area contributed by atoms with Crippen LogP contribution < -0.4 is 16.8 Å². The van der Waals surface area contributed by atoms with Gasteiger partial charge < -0.3 is 16.8 Å². The van der Waals surface area contributed by atoms with E-state index in [1.807, 2.05) is 24.3 Å². The maximum absolute atomic E-state index is 12.7. The molecule has 0 bridgehead atoms. The van der Waals surface area contributed by atoms with E-state index in [0.29, 0.717) is 13.0 Å². The van der Waals surface area contributed by atoms with Crippen molar-refractivity contribution in [1.29, 1.82) is 0 Å². The number of unbranched alkanes of at least 4 members (excludes halogenated alkanes) is 10. The zero-order valence-electron chi connectivity index (χ0n) is 18.8. The molecule has 1 rings (SSSR count). The Morgan fingerprint density at radius 3 is 2.17 bits per heavy atom. The minimum Gasteiger partial charge on any atom is -0.330 e. The molecule has 0 fully saturated rings. The van der Waals surface area contributed by atoms with Crippen LogP contribution in [-0.4, -0.2) is 24.9 Å². The van der Waals surface area contributed by atoms with Crippen LogP contribution in [-0.2, 0) is 6.54 Å². The molecule has 0 unspecified atom stereocenters. The summed E-state index contributed by atoms with van der Waals surface area (Å²) in [5.74, 6) is 0.0540. The van der Waals surface area contributed by atoms with Gasteiger partial charge in [-0.2, -0.15) is 0 Å². The summed E-state index contributed by atoms with van der Waals surface area (Å²) in [6.07, 6.45) is 16.0. The van der Waals surface area contributed by atoms with Crippen LogP contribution in [0.2, 0.25) is 0 Å². The Balaban J connectivity index is 2.19. The van der Waals surface area contributed by atoms with Crippen LogP contribution in [0, 0.1) is 0 Å². The van der Waals surface area contributed by atoms with Crippen molar-refractivity contribution in [2.45, 2.75) is 103 Å². The van der Waals surface area contributed by atoms with Crippen molar-refractivity contribution in [3.05, 3.63) is 35.4 Å². The van der Waals surface area contributed by atoms with E-state index in [2.05, 4.69) is 12.2 Å². The van der Waals surface area contributed by atoms with E-state index >= 15 is 0 Å². The number of hydrogen-bond donors (Lipinski definition) is 3. The number of nitrogens with one attached hydrogen (secondary N) is 1. The lowest BCUT2D eigenvalue weighted by Crippen LogP contribution is -2.31. The van der Waals surface area contributed by atoms with Gasteiger partial charge in [0.25, 0.3) is 0 Å². The fraction of sp³-hybridized carbons (Fsp3) is 0.720. The van der Waals surface area contributed by atoms with Crippen molar-refractivity contribution in [3.8, 4) is 0 Å². The van der Waals surface area contributed by atoms with Gasteiger partial charge in [-0.05, 0) is 37.9 Å². The van der Waals surface area contributed by atoms with Crippen molar-refractivity contribution in [2.24, 2.45) is 11.5 Å². The van der Waals surface area contributed by atoms with Gasteiger partial charge in [0.15, 0.2) is 5.78 Å². The number of hydrogen-bond acceptors (Lipinski definition) is 4. The molecule has 0 aliphatic heterocycles. The number of rotatable bonds is 19. The minimum absolute atomic E-state index is 0.0540. The van der Waals surface area contributed by atoms with E-state index in [9.17, 15) is 4.79 Å². The average Bonchev–Trinajstić information content (AvgIpc) is 2.74. The van der Waals surface area contributed by atoms with Gasteiger partial charge in [0.2, 0.25) is 0 Å². The summed E-state index contributed by atoms with van der Waals surface area (Å²) in [6.45, 7) is 4.65. The van der Waals surface area contributed by atoms with Gasteiger partial charge in [0, 0.05) is 12.1 Å². The maximum Gasteiger partial charge on any atom is 0.179 e. The summed E-state index contributed by atoms with van der Waals surface area (Å²) in [6, 6.07) is 7.43. The molecule has 1 aromatic rings. The Bertz CT molecular complexity index is 533. The molecular weight excluding hydrogens is 358 g/mol. The monoisotopic (exact) mass is 403 g/mol. The summed E-state index contributed by atoms with van der Waals surface area (Å²) in [7, 11) is 0. The highest BCUT2D eigenvalue weighted by atomic mass is 16.1. The van der Waals surface area contributed by atoms with E-state index in [0.717, 1.165) is 37.1 Å². The van der Waals surface area contributed by atoms with Gasteiger partial charge >= 0.3 is 0 Å². The van der Waals surface area contributed by atoms with Gasteiger partial charge in [-0.3, -0.25) is 4.79 Å². The van der Waals surface area contributed by atoms with Crippen LogP contribution in [0.1, 0.15) is 106 Å². The molecular formula is C25H45N3O. The molecule has 4 nitrogen and oxygen atoms in total. The van der Waals surface area contributed by atoms with Gasteiger partial charge in [-0.15, -0.1) is 0 Å². The predicted molar refractivity (Wildman–Crippen MR) is 125 cm³/mol. The standard InChI is InChI=1S/C25H45N3O/c1-2-3-4-5-6-7-8-9-10-15-20-28-21-22-16-11-12-17-23(22)25(29)24(27)18-13-14-19-26/h11-12,16-17,24,28H,2-10,13-15,18-21,26-27H2,1H3/t24-/m0/s1. The minimum atomic E-state index is -0.426. The summed E-state index contributed by atoms with van der Waals surface area (Å²) in [4.78, 5) is 12.7. The second kappa shape index (κ2) is 17.6. The Morgan fingerprint density at radius 1 is 0.897 bits per heavy atom. The number of carbonyl (C=O) groups excluding carboxylic acids is 1. The molecule has 0 aliphatic rings. The fourth-order valence-electron chi connectivity index (χ4n) is 3.71. The molecule has 0 amide bonds. The molecule has 1 aromatic carbocycles. The lowest BCUT2D eigenvalue weighted by molar-refractivity contribution is 0.0955. The van der Waals surface area contributed by atoms with E-state index < -0.39 is 6.04 Å². The van der Waals surface area contributed by atoms with Gasteiger partial charge in [0.1, 0.15) is 0 Å². The lowest BCUT2D eigenvalue weighted by Gasteiger charge is -2.14. The highest BCUT2D eigenvalue weighted by molar-refractivity contribution is 6.01. The summed E-state index contributed by atoms with van der Waals surface area (Å²) in [5, 5.41) is 3.50. The number of nitrogens with two attached hydrogens (primary N) is 2. The molecule has 5 N–H and O–H groups in total. The van der Waals surface area contributed by atoms with Crippen molar-refractivity contribution in [1.82, 2.24) is 5.32 Å². The number of ketones is 1.